The second-order valence-electron chi connectivity index (χ2n) is 6.57. The molecule has 5 nitrogen and oxygen atoms in total. The predicted octanol–water partition coefficient (Wildman–Crippen LogP) is 3.83. The lowest BCUT2D eigenvalue weighted by molar-refractivity contribution is -0.141. The van der Waals surface area contributed by atoms with Gasteiger partial charge >= 0.3 is 12.1 Å². The van der Waals surface area contributed by atoms with Crippen LogP contribution in [0.2, 0.25) is 0 Å². The van der Waals surface area contributed by atoms with Gasteiger partial charge in [0.25, 0.3) is 0 Å². The van der Waals surface area contributed by atoms with Gasteiger partial charge in [-0.2, -0.15) is 0 Å². The molecule has 0 spiro atoms. The molecule has 1 heterocycles. The molecule has 1 saturated heterocycles. The maximum Gasteiger partial charge on any atom is 0.410 e. The molecule has 2 atom stereocenters. The van der Waals surface area contributed by atoms with Crippen molar-refractivity contribution in [3.8, 4) is 0 Å². The number of ether oxygens (including phenoxy) is 1. The second-order valence-corrected chi connectivity index (χ2v) is 6.57. The smallest absolute Gasteiger partial charge is 0.410 e. The molecule has 0 unspecified atom stereocenters. The average molecular weight is 353 g/mol. The molecule has 0 aromatic heterocycles. The van der Waals surface area contributed by atoms with E-state index in [4.69, 9.17) is 4.74 Å². The molecule has 2 aromatic carbocycles. The standard InChI is InChI=1S/C21H23NO4/c1-2-15-8-10-17(11-9-15)18-12-19(20(23)24)22(13-18)21(25)26-14-16-6-4-3-5-7-16/h3-11,18-19H,2,12-14H2,1H3,(H,23,24)/t18-,19+/m1/s1. The van der Waals surface area contributed by atoms with E-state index >= 15 is 0 Å². The highest BCUT2D eigenvalue weighted by Gasteiger charge is 2.41. The van der Waals surface area contributed by atoms with Crippen LogP contribution in [0.15, 0.2) is 54.6 Å². The number of nitrogens with zero attached hydrogens (tertiary/aromatic N) is 1. The number of likely N-dealkylation sites (tertiary alicyclic amines) is 1. The van der Waals surface area contributed by atoms with Crippen LogP contribution in [0.1, 0.15) is 36.0 Å². The number of carboxylic acid groups (broad SMARTS) is 1. The van der Waals surface area contributed by atoms with Crippen LogP contribution in [0, 0.1) is 0 Å². The number of rotatable bonds is 5. The Labute approximate surface area is 153 Å². The lowest BCUT2D eigenvalue weighted by Gasteiger charge is -2.21. The maximum absolute atomic E-state index is 12.5. The van der Waals surface area contributed by atoms with E-state index in [-0.39, 0.29) is 12.5 Å². The van der Waals surface area contributed by atoms with E-state index in [1.165, 1.54) is 10.5 Å². The maximum atomic E-state index is 12.5. The zero-order chi connectivity index (χ0) is 18.5. The first-order valence-corrected chi connectivity index (χ1v) is 8.87. The Morgan fingerprint density at radius 3 is 2.38 bits per heavy atom. The van der Waals surface area contributed by atoms with Crippen LogP contribution in [-0.2, 0) is 22.6 Å². The Bertz CT molecular complexity index is 757. The van der Waals surface area contributed by atoms with E-state index in [2.05, 4.69) is 19.1 Å². The van der Waals surface area contributed by atoms with Crippen LogP contribution in [0.3, 0.4) is 0 Å². The van der Waals surface area contributed by atoms with Gasteiger partial charge in [-0.1, -0.05) is 61.5 Å². The third-order valence-corrected chi connectivity index (χ3v) is 4.89. The van der Waals surface area contributed by atoms with Gasteiger partial charge in [-0.05, 0) is 29.5 Å². The molecule has 0 aliphatic carbocycles. The normalized spacial score (nSPS) is 19.3. The molecule has 26 heavy (non-hydrogen) atoms. The van der Waals surface area contributed by atoms with Gasteiger partial charge in [-0.25, -0.2) is 9.59 Å². The lowest BCUT2D eigenvalue weighted by Crippen LogP contribution is -2.40. The molecule has 0 saturated carbocycles. The minimum absolute atomic E-state index is 0.00582. The van der Waals surface area contributed by atoms with E-state index in [9.17, 15) is 14.7 Å². The van der Waals surface area contributed by atoms with Crippen LogP contribution in [0.5, 0.6) is 0 Å². The van der Waals surface area contributed by atoms with Gasteiger partial charge < -0.3 is 9.84 Å². The van der Waals surface area contributed by atoms with E-state index in [0.29, 0.717) is 13.0 Å². The molecule has 2 aromatic rings. The largest absolute Gasteiger partial charge is 0.480 e. The van der Waals surface area contributed by atoms with Gasteiger partial charge in [0.1, 0.15) is 12.6 Å². The molecular weight excluding hydrogens is 330 g/mol. The van der Waals surface area contributed by atoms with Crippen LogP contribution < -0.4 is 0 Å². The van der Waals surface area contributed by atoms with Crippen molar-refractivity contribution in [1.82, 2.24) is 4.90 Å². The first-order valence-electron chi connectivity index (χ1n) is 8.87. The van der Waals surface area contributed by atoms with Gasteiger partial charge in [0.15, 0.2) is 0 Å². The Morgan fingerprint density at radius 1 is 1.08 bits per heavy atom. The van der Waals surface area contributed by atoms with Crippen LogP contribution in [0.4, 0.5) is 4.79 Å². The molecule has 1 amide bonds. The monoisotopic (exact) mass is 353 g/mol. The molecule has 3 rings (SSSR count). The number of amides is 1. The van der Waals surface area contributed by atoms with E-state index in [1.54, 1.807) is 0 Å². The number of aliphatic carboxylic acids is 1. The molecule has 1 aliphatic heterocycles. The summed E-state index contributed by atoms with van der Waals surface area (Å²) in [5.74, 6) is -0.986. The summed E-state index contributed by atoms with van der Waals surface area (Å²) in [4.78, 5) is 25.4. The van der Waals surface area contributed by atoms with Crippen LogP contribution in [-0.4, -0.2) is 34.7 Å². The Morgan fingerprint density at radius 2 is 1.77 bits per heavy atom. The van der Waals surface area contributed by atoms with E-state index in [0.717, 1.165) is 17.5 Å². The van der Waals surface area contributed by atoms with Crippen molar-refractivity contribution < 1.29 is 19.4 Å². The van der Waals surface area contributed by atoms with Crippen molar-refractivity contribution in [2.24, 2.45) is 0 Å². The third-order valence-electron chi connectivity index (χ3n) is 4.89. The topological polar surface area (TPSA) is 66.8 Å². The van der Waals surface area contributed by atoms with Crippen molar-refractivity contribution in [2.75, 3.05) is 6.54 Å². The number of hydrogen-bond donors (Lipinski definition) is 1. The highest BCUT2D eigenvalue weighted by Crippen LogP contribution is 2.32. The fourth-order valence-electron chi connectivity index (χ4n) is 3.34. The van der Waals surface area contributed by atoms with Crippen molar-refractivity contribution in [3.05, 3.63) is 71.3 Å². The van der Waals surface area contributed by atoms with Crippen LogP contribution in [0.25, 0.3) is 0 Å². The van der Waals surface area contributed by atoms with Crippen molar-refractivity contribution in [2.45, 2.75) is 38.3 Å². The summed E-state index contributed by atoms with van der Waals surface area (Å²) in [6, 6.07) is 16.7. The summed E-state index contributed by atoms with van der Waals surface area (Å²) in [7, 11) is 0. The number of carbonyl (C=O) groups excluding carboxylic acids is 1. The van der Waals surface area contributed by atoms with Gasteiger partial charge in [0, 0.05) is 12.5 Å². The van der Waals surface area contributed by atoms with Gasteiger partial charge in [0.2, 0.25) is 0 Å². The molecule has 1 N–H and O–H groups in total. The van der Waals surface area contributed by atoms with Gasteiger partial charge in [0.05, 0.1) is 0 Å². The molecule has 0 bridgehead atoms. The molecule has 0 radical (unpaired) electrons. The summed E-state index contributed by atoms with van der Waals surface area (Å²) >= 11 is 0. The zero-order valence-electron chi connectivity index (χ0n) is 14.8. The summed E-state index contributed by atoms with van der Waals surface area (Å²) < 4.78 is 5.34. The summed E-state index contributed by atoms with van der Waals surface area (Å²) in [5.41, 5.74) is 3.17. The first kappa shape index (κ1) is 18.0. The third kappa shape index (κ3) is 4.04. The fraction of sp³-hybridized carbons (Fsp3) is 0.333. The van der Waals surface area contributed by atoms with Gasteiger partial charge in [-0.3, -0.25) is 4.90 Å². The number of benzene rings is 2. The Kier molecular flexibility index (Phi) is 5.56. The van der Waals surface area contributed by atoms with Crippen molar-refractivity contribution in [3.63, 3.8) is 0 Å². The molecule has 5 heteroatoms. The Hall–Kier alpha value is -2.82. The predicted molar refractivity (Wildman–Crippen MR) is 97.9 cm³/mol. The van der Waals surface area contributed by atoms with Crippen molar-refractivity contribution >= 4 is 12.1 Å². The average Bonchev–Trinajstić information content (AvgIpc) is 3.13. The van der Waals surface area contributed by atoms with E-state index < -0.39 is 18.1 Å². The molecule has 136 valence electrons. The Balaban J connectivity index is 1.68. The quantitative estimate of drug-likeness (QED) is 0.887. The molecular formula is C21H23NO4. The summed E-state index contributed by atoms with van der Waals surface area (Å²) in [5, 5.41) is 9.52. The highest BCUT2D eigenvalue weighted by atomic mass is 16.6. The number of aryl methyl sites for hydroxylation is 1. The summed E-state index contributed by atoms with van der Waals surface area (Å²) in [6.07, 6.45) is 0.788. The molecule has 1 fully saturated rings. The first-order chi connectivity index (χ1) is 12.6. The SMILES string of the molecule is CCc1ccc([C@@H]2C[C@@H](C(=O)O)N(C(=O)OCc3ccccc3)C2)cc1. The summed E-state index contributed by atoms with van der Waals surface area (Å²) in [6.45, 7) is 2.59. The number of carbonyl (C=O) groups is 2. The minimum Gasteiger partial charge on any atom is -0.480 e. The zero-order valence-corrected chi connectivity index (χ0v) is 14.8. The minimum atomic E-state index is -0.991. The second kappa shape index (κ2) is 8.04. The fourth-order valence-corrected chi connectivity index (χ4v) is 3.34. The van der Waals surface area contributed by atoms with Gasteiger partial charge in [-0.15, -0.1) is 0 Å². The molecule has 1 aliphatic rings. The number of hydrogen-bond acceptors (Lipinski definition) is 3. The van der Waals surface area contributed by atoms with E-state index in [1.807, 2.05) is 42.5 Å². The van der Waals surface area contributed by atoms with Crippen molar-refractivity contribution in [1.29, 1.82) is 0 Å². The van der Waals surface area contributed by atoms with Crippen LogP contribution >= 0.6 is 0 Å². The highest BCUT2D eigenvalue weighted by molar-refractivity contribution is 5.81. The lowest BCUT2D eigenvalue weighted by atomic mass is 9.95. The number of carboxylic acids is 1.